The number of nitrogens with zero attached hydrogens (tertiary/aromatic N) is 2. The summed E-state index contributed by atoms with van der Waals surface area (Å²) < 4.78 is 2.44. The molecule has 0 aliphatic rings. The SMILES string of the molecule is Cn1ncc(C(O)Cc2ccc(Br)cc2Cl)c1N. The summed E-state index contributed by atoms with van der Waals surface area (Å²) in [5, 5.41) is 14.8. The molecule has 1 aromatic carbocycles. The second-order valence-corrected chi connectivity index (χ2v) is 5.39. The van der Waals surface area contributed by atoms with Gasteiger partial charge in [0.1, 0.15) is 5.82 Å². The number of aliphatic hydroxyl groups is 1. The summed E-state index contributed by atoms with van der Waals surface area (Å²) in [6, 6.07) is 5.57. The minimum Gasteiger partial charge on any atom is -0.388 e. The number of hydrogen-bond donors (Lipinski definition) is 2. The van der Waals surface area contributed by atoms with Crippen LogP contribution in [-0.2, 0) is 13.5 Å². The summed E-state index contributed by atoms with van der Waals surface area (Å²) in [6.07, 6.45) is 1.27. The van der Waals surface area contributed by atoms with Gasteiger partial charge < -0.3 is 10.8 Å². The van der Waals surface area contributed by atoms with Crippen LogP contribution >= 0.6 is 27.5 Å². The summed E-state index contributed by atoms with van der Waals surface area (Å²) in [5.74, 6) is 0.468. The number of nitrogen functional groups attached to an aromatic ring is 1. The number of aryl methyl sites for hydroxylation is 1. The Bertz CT molecular complexity index is 570. The third-order valence-corrected chi connectivity index (χ3v) is 3.65. The molecule has 96 valence electrons. The number of benzene rings is 1. The largest absolute Gasteiger partial charge is 0.388 e. The Labute approximate surface area is 118 Å². The first-order chi connectivity index (χ1) is 8.49. The van der Waals surface area contributed by atoms with E-state index in [1.54, 1.807) is 19.3 Å². The molecule has 1 atom stereocenters. The van der Waals surface area contributed by atoms with Crippen molar-refractivity contribution in [2.45, 2.75) is 12.5 Å². The molecule has 0 saturated heterocycles. The Kier molecular flexibility index (Phi) is 3.94. The number of hydrogen-bond acceptors (Lipinski definition) is 3. The summed E-state index contributed by atoms with van der Waals surface area (Å²) in [6.45, 7) is 0. The van der Waals surface area contributed by atoms with Crippen molar-refractivity contribution in [2.24, 2.45) is 7.05 Å². The van der Waals surface area contributed by atoms with E-state index in [2.05, 4.69) is 21.0 Å². The molecule has 0 fully saturated rings. The lowest BCUT2D eigenvalue weighted by Crippen LogP contribution is -2.06. The average molecular weight is 331 g/mol. The molecule has 0 saturated carbocycles. The zero-order chi connectivity index (χ0) is 13.3. The van der Waals surface area contributed by atoms with E-state index in [-0.39, 0.29) is 0 Å². The molecule has 0 spiro atoms. The lowest BCUT2D eigenvalue weighted by molar-refractivity contribution is 0.179. The van der Waals surface area contributed by atoms with Crippen molar-refractivity contribution in [3.63, 3.8) is 0 Å². The van der Waals surface area contributed by atoms with Crippen molar-refractivity contribution >= 4 is 33.3 Å². The van der Waals surface area contributed by atoms with E-state index in [9.17, 15) is 5.11 Å². The van der Waals surface area contributed by atoms with Crippen LogP contribution in [0, 0.1) is 0 Å². The first-order valence-electron chi connectivity index (χ1n) is 5.38. The molecule has 0 aliphatic heterocycles. The highest BCUT2D eigenvalue weighted by Gasteiger charge is 2.16. The third-order valence-electron chi connectivity index (χ3n) is 2.80. The Hall–Kier alpha value is -1.04. The fourth-order valence-electron chi connectivity index (χ4n) is 1.73. The molecule has 18 heavy (non-hydrogen) atoms. The highest BCUT2D eigenvalue weighted by atomic mass is 79.9. The second kappa shape index (κ2) is 5.30. The summed E-state index contributed by atoms with van der Waals surface area (Å²) in [5.41, 5.74) is 7.31. The third kappa shape index (κ3) is 2.68. The Morgan fingerprint density at radius 2 is 2.28 bits per heavy atom. The van der Waals surface area contributed by atoms with Crippen LogP contribution in [0.2, 0.25) is 5.02 Å². The molecule has 0 bridgehead atoms. The van der Waals surface area contributed by atoms with Crippen LogP contribution in [0.3, 0.4) is 0 Å². The molecular formula is C12H13BrClN3O. The van der Waals surface area contributed by atoms with Gasteiger partial charge in [-0.2, -0.15) is 5.10 Å². The minimum absolute atomic E-state index is 0.405. The fraction of sp³-hybridized carbons (Fsp3) is 0.250. The molecule has 1 unspecified atom stereocenters. The quantitative estimate of drug-likeness (QED) is 0.909. The van der Waals surface area contributed by atoms with Crippen molar-refractivity contribution in [3.05, 3.63) is 45.0 Å². The number of nitrogens with two attached hydrogens (primary N) is 1. The van der Waals surface area contributed by atoms with Crippen molar-refractivity contribution in [2.75, 3.05) is 5.73 Å². The van der Waals surface area contributed by atoms with Crippen molar-refractivity contribution in [1.29, 1.82) is 0 Å². The van der Waals surface area contributed by atoms with Crippen molar-refractivity contribution in [1.82, 2.24) is 9.78 Å². The Morgan fingerprint density at radius 1 is 1.56 bits per heavy atom. The molecule has 0 radical (unpaired) electrons. The van der Waals surface area contributed by atoms with Gasteiger partial charge >= 0.3 is 0 Å². The second-order valence-electron chi connectivity index (χ2n) is 4.06. The van der Waals surface area contributed by atoms with Gasteiger partial charge in [0.05, 0.1) is 12.3 Å². The van der Waals surface area contributed by atoms with Crippen molar-refractivity contribution in [3.8, 4) is 0 Å². The standard InChI is InChI=1S/C12H13BrClN3O/c1-17-12(15)9(6-16-17)11(18)4-7-2-3-8(13)5-10(7)14/h2-3,5-6,11,18H,4,15H2,1H3. The molecule has 1 heterocycles. The fourth-order valence-corrected chi connectivity index (χ4v) is 2.48. The minimum atomic E-state index is -0.711. The zero-order valence-corrected chi connectivity index (χ0v) is 12.1. The first-order valence-corrected chi connectivity index (χ1v) is 6.55. The van der Waals surface area contributed by atoms with Gasteiger partial charge in [0.15, 0.2) is 0 Å². The molecule has 0 aliphatic carbocycles. The number of aliphatic hydroxyl groups excluding tert-OH is 1. The van der Waals surface area contributed by atoms with Crippen LogP contribution in [0.5, 0.6) is 0 Å². The molecule has 3 N–H and O–H groups in total. The van der Waals surface area contributed by atoms with Gasteiger partial charge in [-0.25, -0.2) is 0 Å². The van der Waals surface area contributed by atoms with Gasteiger partial charge in [-0.3, -0.25) is 4.68 Å². The molecular weight excluding hydrogens is 318 g/mol. The smallest absolute Gasteiger partial charge is 0.127 e. The van der Waals surface area contributed by atoms with Crippen LogP contribution in [0.1, 0.15) is 17.2 Å². The van der Waals surface area contributed by atoms with Gasteiger partial charge in [0.2, 0.25) is 0 Å². The van der Waals surface area contributed by atoms with E-state index < -0.39 is 6.10 Å². The molecule has 0 amide bonds. The van der Waals surface area contributed by atoms with Crippen LogP contribution in [0.25, 0.3) is 0 Å². The van der Waals surface area contributed by atoms with Crippen LogP contribution in [0.15, 0.2) is 28.9 Å². The van der Waals surface area contributed by atoms with E-state index in [1.807, 2.05) is 12.1 Å². The summed E-state index contributed by atoms with van der Waals surface area (Å²) in [7, 11) is 1.73. The molecule has 6 heteroatoms. The van der Waals surface area contributed by atoms with E-state index in [0.29, 0.717) is 22.8 Å². The maximum Gasteiger partial charge on any atom is 0.127 e. The molecule has 4 nitrogen and oxygen atoms in total. The highest BCUT2D eigenvalue weighted by Crippen LogP contribution is 2.28. The highest BCUT2D eigenvalue weighted by molar-refractivity contribution is 9.10. The van der Waals surface area contributed by atoms with Gasteiger partial charge in [-0.15, -0.1) is 0 Å². The first kappa shape index (κ1) is 13.4. The lowest BCUT2D eigenvalue weighted by Gasteiger charge is -2.11. The average Bonchev–Trinajstić information content (AvgIpc) is 2.64. The van der Waals surface area contributed by atoms with Gasteiger partial charge in [-0.1, -0.05) is 33.6 Å². The Balaban J connectivity index is 2.21. The number of aromatic nitrogens is 2. The zero-order valence-electron chi connectivity index (χ0n) is 9.77. The lowest BCUT2D eigenvalue weighted by atomic mass is 10.0. The van der Waals surface area contributed by atoms with E-state index in [4.69, 9.17) is 17.3 Å². The number of rotatable bonds is 3. The summed E-state index contributed by atoms with van der Waals surface area (Å²) in [4.78, 5) is 0. The van der Waals surface area contributed by atoms with E-state index in [0.717, 1.165) is 10.0 Å². The Morgan fingerprint density at radius 3 is 2.83 bits per heavy atom. The summed E-state index contributed by atoms with van der Waals surface area (Å²) >= 11 is 9.45. The van der Waals surface area contributed by atoms with Gasteiger partial charge in [-0.05, 0) is 17.7 Å². The number of halogens is 2. The maximum atomic E-state index is 10.2. The predicted molar refractivity (Wildman–Crippen MR) is 75.4 cm³/mol. The van der Waals surface area contributed by atoms with Crippen LogP contribution < -0.4 is 5.73 Å². The molecule has 2 rings (SSSR count). The van der Waals surface area contributed by atoms with Crippen molar-refractivity contribution < 1.29 is 5.11 Å². The monoisotopic (exact) mass is 329 g/mol. The van der Waals surface area contributed by atoms with Crippen LogP contribution in [0.4, 0.5) is 5.82 Å². The molecule has 1 aromatic heterocycles. The van der Waals surface area contributed by atoms with Crippen LogP contribution in [-0.4, -0.2) is 14.9 Å². The normalized spacial score (nSPS) is 12.7. The molecule has 2 aromatic rings. The van der Waals surface area contributed by atoms with E-state index in [1.165, 1.54) is 4.68 Å². The van der Waals surface area contributed by atoms with Gasteiger partial charge in [0, 0.05) is 28.5 Å². The number of anilines is 1. The predicted octanol–water partition coefficient (Wildman–Crippen LogP) is 2.69. The topological polar surface area (TPSA) is 64.1 Å². The van der Waals surface area contributed by atoms with E-state index >= 15 is 0 Å². The van der Waals surface area contributed by atoms with Gasteiger partial charge in [0.25, 0.3) is 0 Å². The maximum absolute atomic E-state index is 10.2.